The topological polar surface area (TPSA) is 63.1 Å². The van der Waals surface area contributed by atoms with E-state index < -0.39 is 0 Å². The zero-order chi connectivity index (χ0) is 21.6. The normalized spacial score (nSPS) is 15.2. The molecule has 0 bridgehead atoms. The van der Waals surface area contributed by atoms with E-state index in [-0.39, 0.29) is 17.8 Å². The lowest BCUT2D eigenvalue weighted by Gasteiger charge is -2.20. The number of aryl methyl sites for hydroxylation is 1. The standard InChI is InChI=1S/C24H28FN5O/c1-18(26-23(31)11-10-19-6-3-2-4-7-19)24-28-27-22-12-13-29(14-15-30(22)24)17-20-8-5-9-21(25)16-20/h2-9,16,18H,10-15,17H2,1H3,(H,26,31)/t18-/m1/s1. The maximum absolute atomic E-state index is 13.5. The van der Waals surface area contributed by atoms with E-state index >= 15 is 0 Å². The minimum atomic E-state index is -0.209. The van der Waals surface area contributed by atoms with Gasteiger partial charge in [-0.15, -0.1) is 10.2 Å². The minimum Gasteiger partial charge on any atom is -0.346 e. The number of aromatic nitrogens is 3. The van der Waals surface area contributed by atoms with Gasteiger partial charge >= 0.3 is 0 Å². The number of fused-ring (bicyclic) bond motifs is 1. The van der Waals surface area contributed by atoms with Crippen LogP contribution in [0.2, 0.25) is 0 Å². The molecule has 1 aliphatic rings. The van der Waals surface area contributed by atoms with Crippen LogP contribution in [0.25, 0.3) is 0 Å². The zero-order valence-corrected chi connectivity index (χ0v) is 17.8. The molecule has 3 aromatic rings. The fourth-order valence-electron chi connectivity index (χ4n) is 4.04. The van der Waals surface area contributed by atoms with Gasteiger partial charge in [0.05, 0.1) is 6.04 Å². The molecule has 1 amide bonds. The van der Waals surface area contributed by atoms with Gasteiger partial charge in [-0.1, -0.05) is 42.5 Å². The van der Waals surface area contributed by atoms with Gasteiger partial charge in [0.1, 0.15) is 11.6 Å². The molecule has 0 spiro atoms. The molecule has 1 aromatic heterocycles. The maximum atomic E-state index is 13.5. The van der Waals surface area contributed by atoms with Crippen LogP contribution in [0.15, 0.2) is 54.6 Å². The van der Waals surface area contributed by atoms with Crippen LogP contribution in [0.3, 0.4) is 0 Å². The molecule has 2 heterocycles. The second kappa shape index (κ2) is 9.83. The highest BCUT2D eigenvalue weighted by molar-refractivity contribution is 5.76. The molecule has 0 aliphatic carbocycles. The Balaban J connectivity index is 1.33. The highest BCUT2D eigenvalue weighted by atomic mass is 19.1. The van der Waals surface area contributed by atoms with E-state index in [1.165, 1.54) is 6.07 Å². The number of nitrogens with zero attached hydrogens (tertiary/aromatic N) is 4. The molecule has 162 valence electrons. The summed E-state index contributed by atoms with van der Waals surface area (Å²) in [5.74, 6) is 1.52. The number of amides is 1. The van der Waals surface area contributed by atoms with Crippen molar-refractivity contribution in [3.8, 4) is 0 Å². The van der Waals surface area contributed by atoms with Crippen molar-refractivity contribution in [2.45, 2.75) is 45.3 Å². The first-order valence-corrected chi connectivity index (χ1v) is 10.8. The summed E-state index contributed by atoms with van der Waals surface area (Å²) in [7, 11) is 0. The van der Waals surface area contributed by atoms with Crippen molar-refractivity contribution in [2.75, 3.05) is 13.1 Å². The van der Waals surface area contributed by atoms with E-state index in [4.69, 9.17) is 0 Å². The number of hydrogen-bond acceptors (Lipinski definition) is 4. The average molecular weight is 422 g/mol. The Hall–Kier alpha value is -3.06. The number of carbonyl (C=O) groups is 1. The smallest absolute Gasteiger partial charge is 0.220 e. The number of rotatable bonds is 7. The molecule has 1 N–H and O–H groups in total. The Labute approximate surface area is 182 Å². The van der Waals surface area contributed by atoms with E-state index in [9.17, 15) is 9.18 Å². The van der Waals surface area contributed by atoms with Gasteiger partial charge in [0.25, 0.3) is 0 Å². The summed E-state index contributed by atoms with van der Waals surface area (Å²) in [5, 5.41) is 11.8. The Kier molecular flexibility index (Phi) is 6.72. The highest BCUT2D eigenvalue weighted by Crippen LogP contribution is 2.17. The van der Waals surface area contributed by atoms with Crippen molar-refractivity contribution in [3.63, 3.8) is 0 Å². The lowest BCUT2D eigenvalue weighted by Crippen LogP contribution is -2.30. The van der Waals surface area contributed by atoms with Crippen LogP contribution in [0.1, 0.15) is 42.2 Å². The Morgan fingerprint density at radius 3 is 2.68 bits per heavy atom. The first kappa shape index (κ1) is 21.2. The molecule has 7 heteroatoms. The average Bonchev–Trinajstić information content (AvgIpc) is 3.08. The van der Waals surface area contributed by atoms with E-state index in [1.807, 2.05) is 43.3 Å². The Bertz CT molecular complexity index is 1020. The van der Waals surface area contributed by atoms with Crippen LogP contribution in [0, 0.1) is 5.82 Å². The van der Waals surface area contributed by atoms with Crippen LogP contribution in [-0.2, 0) is 30.7 Å². The number of halogens is 1. The summed E-state index contributed by atoms with van der Waals surface area (Å²) in [6, 6.07) is 16.6. The SMILES string of the molecule is C[C@@H](NC(=O)CCc1ccccc1)c1nnc2n1CCN(Cc1cccc(F)c1)CC2. The van der Waals surface area contributed by atoms with Gasteiger partial charge in [-0.3, -0.25) is 9.69 Å². The highest BCUT2D eigenvalue weighted by Gasteiger charge is 2.22. The molecule has 31 heavy (non-hydrogen) atoms. The minimum absolute atomic E-state index is 0.00931. The Morgan fingerprint density at radius 2 is 1.87 bits per heavy atom. The van der Waals surface area contributed by atoms with E-state index in [2.05, 4.69) is 25.0 Å². The van der Waals surface area contributed by atoms with Crippen LogP contribution in [0.4, 0.5) is 4.39 Å². The fourth-order valence-corrected chi connectivity index (χ4v) is 4.04. The van der Waals surface area contributed by atoms with Crippen molar-refractivity contribution in [2.24, 2.45) is 0 Å². The first-order chi connectivity index (χ1) is 15.1. The van der Waals surface area contributed by atoms with Crippen LogP contribution in [0.5, 0.6) is 0 Å². The fraction of sp³-hybridized carbons (Fsp3) is 0.375. The predicted octanol–water partition coefficient (Wildman–Crippen LogP) is 3.29. The van der Waals surface area contributed by atoms with Gasteiger partial charge < -0.3 is 9.88 Å². The van der Waals surface area contributed by atoms with Crippen molar-refractivity contribution >= 4 is 5.91 Å². The molecule has 2 aromatic carbocycles. The lowest BCUT2D eigenvalue weighted by atomic mass is 10.1. The second-order valence-electron chi connectivity index (χ2n) is 8.06. The van der Waals surface area contributed by atoms with Crippen molar-refractivity contribution in [3.05, 3.63) is 83.2 Å². The van der Waals surface area contributed by atoms with Crippen LogP contribution >= 0.6 is 0 Å². The first-order valence-electron chi connectivity index (χ1n) is 10.8. The number of benzene rings is 2. The molecule has 0 unspecified atom stereocenters. The van der Waals surface area contributed by atoms with E-state index in [0.29, 0.717) is 19.4 Å². The summed E-state index contributed by atoms with van der Waals surface area (Å²) in [6.07, 6.45) is 1.93. The molecule has 0 fully saturated rings. The molecule has 0 saturated heterocycles. The lowest BCUT2D eigenvalue weighted by molar-refractivity contribution is -0.121. The molecule has 1 aliphatic heterocycles. The van der Waals surface area contributed by atoms with Gasteiger partial charge in [0.2, 0.25) is 5.91 Å². The molecular weight excluding hydrogens is 393 g/mol. The molecule has 0 saturated carbocycles. The quantitative estimate of drug-likeness (QED) is 0.636. The molecule has 4 rings (SSSR count). The maximum Gasteiger partial charge on any atom is 0.220 e. The predicted molar refractivity (Wildman–Crippen MR) is 117 cm³/mol. The van der Waals surface area contributed by atoms with Gasteiger partial charge in [-0.05, 0) is 36.6 Å². The molecule has 6 nitrogen and oxygen atoms in total. The number of hydrogen-bond donors (Lipinski definition) is 1. The van der Waals surface area contributed by atoms with E-state index in [1.54, 1.807) is 12.1 Å². The van der Waals surface area contributed by atoms with Gasteiger partial charge in [-0.25, -0.2) is 4.39 Å². The Morgan fingerprint density at radius 1 is 1.06 bits per heavy atom. The second-order valence-corrected chi connectivity index (χ2v) is 8.06. The summed E-state index contributed by atoms with van der Waals surface area (Å²) < 4.78 is 15.6. The van der Waals surface area contributed by atoms with Gasteiger partial charge in [0, 0.05) is 39.0 Å². The summed E-state index contributed by atoms with van der Waals surface area (Å²) in [4.78, 5) is 14.7. The van der Waals surface area contributed by atoms with Crippen LogP contribution in [-0.4, -0.2) is 38.7 Å². The van der Waals surface area contributed by atoms with Gasteiger partial charge in [-0.2, -0.15) is 0 Å². The zero-order valence-electron chi connectivity index (χ0n) is 17.8. The number of carbonyl (C=O) groups excluding carboxylic acids is 1. The molecule has 1 atom stereocenters. The monoisotopic (exact) mass is 421 g/mol. The molecular formula is C24H28FN5O. The van der Waals surface area contributed by atoms with Crippen LogP contribution < -0.4 is 5.32 Å². The summed E-state index contributed by atoms with van der Waals surface area (Å²) in [6.45, 7) is 5.07. The van der Waals surface area contributed by atoms with Crippen molar-refractivity contribution in [1.29, 1.82) is 0 Å². The third-order valence-electron chi connectivity index (χ3n) is 5.69. The largest absolute Gasteiger partial charge is 0.346 e. The van der Waals surface area contributed by atoms with Crippen molar-refractivity contribution in [1.82, 2.24) is 25.0 Å². The number of nitrogens with one attached hydrogen (secondary N) is 1. The third kappa shape index (κ3) is 5.55. The summed E-state index contributed by atoms with van der Waals surface area (Å²) in [5.41, 5.74) is 2.12. The third-order valence-corrected chi connectivity index (χ3v) is 5.69. The summed E-state index contributed by atoms with van der Waals surface area (Å²) >= 11 is 0. The van der Waals surface area contributed by atoms with E-state index in [0.717, 1.165) is 48.8 Å². The van der Waals surface area contributed by atoms with Crippen molar-refractivity contribution < 1.29 is 9.18 Å². The van der Waals surface area contributed by atoms with Gasteiger partial charge in [0.15, 0.2) is 5.82 Å². The molecule has 0 radical (unpaired) electrons.